The third-order valence-corrected chi connectivity index (χ3v) is 4.85. The normalized spacial score (nSPS) is 17.0. The lowest BCUT2D eigenvalue weighted by atomic mass is 9.99. The molecular formula is C12H14N2O6S. The third kappa shape index (κ3) is 2.69. The van der Waals surface area contributed by atoms with Gasteiger partial charge in [-0.3, -0.25) is 4.79 Å². The molecule has 0 unspecified atom stereocenters. The molecule has 8 nitrogen and oxygen atoms in total. The van der Waals surface area contributed by atoms with Gasteiger partial charge in [0.25, 0.3) is 0 Å². The zero-order chi connectivity index (χ0) is 15.8. The number of hydrogen-bond acceptors (Lipinski definition) is 4. The third-order valence-electron chi connectivity index (χ3n) is 3.35. The molecule has 0 aliphatic heterocycles. The van der Waals surface area contributed by atoms with Crippen molar-refractivity contribution in [3.8, 4) is 0 Å². The molecule has 0 saturated heterocycles. The molecule has 1 aliphatic rings. The predicted molar refractivity (Wildman–Crippen MR) is 71.4 cm³/mol. The number of nitrogens with zero attached hydrogens (tertiary/aromatic N) is 1. The fraction of sp³-hybridized carbons (Fsp3) is 0.333. The van der Waals surface area contributed by atoms with Crippen LogP contribution in [0.25, 0.3) is 0 Å². The number of aromatic carboxylic acids is 1. The van der Waals surface area contributed by atoms with E-state index in [9.17, 15) is 23.1 Å². The Morgan fingerprint density at radius 2 is 1.86 bits per heavy atom. The van der Waals surface area contributed by atoms with Crippen LogP contribution in [0.4, 0.5) is 0 Å². The molecule has 0 saturated carbocycles. The van der Waals surface area contributed by atoms with Crippen LogP contribution in [0.5, 0.6) is 0 Å². The molecule has 0 bridgehead atoms. The molecular weight excluding hydrogens is 300 g/mol. The molecule has 21 heavy (non-hydrogen) atoms. The summed E-state index contributed by atoms with van der Waals surface area (Å²) in [6.07, 6.45) is 4.39. The zero-order valence-electron chi connectivity index (χ0n) is 11.1. The van der Waals surface area contributed by atoms with Crippen LogP contribution in [-0.2, 0) is 21.9 Å². The number of nitrogens with one attached hydrogen (secondary N) is 1. The molecule has 0 fully saturated rings. The van der Waals surface area contributed by atoms with E-state index in [0.717, 1.165) is 16.8 Å². The number of hydrogen-bond donors (Lipinski definition) is 3. The number of carbonyl (C=O) groups is 2. The smallest absolute Gasteiger partial charge is 0.352 e. The summed E-state index contributed by atoms with van der Waals surface area (Å²) in [6, 6.07) is 0.989. The molecule has 0 spiro atoms. The fourth-order valence-corrected chi connectivity index (χ4v) is 3.61. The molecule has 2 rings (SSSR count). The molecule has 0 atom stereocenters. The van der Waals surface area contributed by atoms with Crippen molar-refractivity contribution in [2.45, 2.75) is 23.3 Å². The first-order valence-corrected chi connectivity index (χ1v) is 7.48. The van der Waals surface area contributed by atoms with Gasteiger partial charge in [0.2, 0.25) is 10.0 Å². The van der Waals surface area contributed by atoms with Gasteiger partial charge in [-0.25, -0.2) is 13.2 Å². The maximum atomic E-state index is 12.3. The average Bonchev–Trinajstić information content (AvgIpc) is 2.96. The van der Waals surface area contributed by atoms with Gasteiger partial charge in [-0.1, -0.05) is 12.2 Å². The van der Waals surface area contributed by atoms with Crippen molar-refractivity contribution in [3.63, 3.8) is 0 Å². The van der Waals surface area contributed by atoms with Gasteiger partial charge in [0.15, 0.2) is 0 Å². The van der Waals surface area contributed by atoms with E-state index in [1.165, 1.54) is 7.05 Å². The van der Waals surface area contributed by atoms with Gasteiger partial charge in [0.1, 0.15) is 16.1 Å². The molecule has 1 aliphatic carbocycles. The van der Waals surface area contributed by atoms with E-state index in [2.05, 4.69) is 4.72 Å². The minimum Gasteiger partial charge on any atom is -0.480 e. The van der Waals surface area contributed by atoms with Crippen LogP contribution in [-0.4, -0.2) is 40.7 Å². The van der Waals surface area contributed by atoms with Gasteiger partial charge in [-0.15, -0.1) is 0 Å². The first-order valence-electron chi connectivity index (χ1n) is 6.00. The Hall–Kier alpha value is -2.13. The van der Waals surface area contributed by atoms with Gasteiger partial charge < -0.3 is 14.8 Å². The molecule has 0 radical (unpaired) electrons. The quantitative estimate of drug-likeness (QED) is 0.665. The number of carboxylic acids is 2. The van der Waals surface area contributed by atoms with Gasteiger partial charge in [-0.05, 0) is 18.9 Å². The highest BCUT2D eigenvalue weighted by Crippen LogP contribution is 2.27. The van der Waals surface area contributed by atoms with Gasteiger partial charge in [0.05, 0.1) is 0 Å². The van der Waals surface area contributed by atoms with E-state index in [-0.39, 0.29) is 23.4 Å². The van der Waals surface area contributed by atoms with Gasteiger partial charge in [-0.2, -0.15) is 4.72 Å². The second kappa shape index (κ2) is 5.01. The summed E-state index contributed by atoms with van der Waals surface area (Å²) < 4.78 is 27.9. The molecule has 0 aromatic carbocycles. The highest BCUT2D eigenvalue weighted by molar-refractivity contribution is 7.89. The monoisotopic (exact) mass is 314 g/mol. The van der Waals surface area contributed by atoms with Crippen molar-refractivity contribution in [2.75, 3.05) is 0 Å². The minimum absolute atomic E-state index is 0.0418. The van der Waals surface area contributed by atoms with Crippen LogP contribution in [0.2, 0.25) is 0 Å². The summed E-state index contributed by atoms with van der Waals surface area (Å²) in [6.45, 7) is 0. The first-order chi connectivity index (χ1) is 9.68. The second-order valence-corrected chi connectivity index (χ2v) is 6.53. The van der Waals surface area contributed by atoms with Crippen molar-refractivity contribution in [2.24, 2.45) is 7.05 Å². The Kier molecular flexibility index (Phi) is 3.64. The number of sulfonamides is 1. The predicted octanol–water partition coefficient (Wildman–Crippen LogP) is 0.175. The van der Waals surface area contributed by atoms with Crippen molar-refractivity contribution in [1.29, 1.82) is 0 Å². The number of aryl methyl sites for hydroxylation is 1. The summed E-state index contributed by atoms with van der Waals surface area (Å²) in [5.74, 6) is -2.54. The van der Waals surface area contributed by atoms with Crippen molar-refractivity contribution in [1.82, 2.24) is 9.29 Å². The van der Waals surface area contributed by atoms with E-state index in [0.29, 0.717) is 0 Å². The molecule has 1 aromatic rings. The summed E-state index contributed by atoms with van der Waals surface area (Å²) in [5.41, 5.74) is -1.82. The van der Waals surface area contributed by atoms with E-state index in [4.69, 9.17) is 5.11 Å². The lowest BCUT2D eigenvalue weighted by Gasteiger charge is -2.24. The van der Waals surface area contributed by atoms with Crippen molar-refractivity contribution < 1.29 is 28.2 Å². The zero-order valence-corrected chi connectivity index (χ0v) is 11.9. The molecule has 1 aromatic heterocycles. The summed E-state index contributed by atoms with van der Waals surface area (Å²) >= 11 is 0. The first kappa shape index (κ1) is 15.3. The highest BCUT2D eigenvalue weighted by Gasteiger charge is 2.43. The molecule has 0 amide bonds. The minimum atomic E-state index is -4.14. The van der Waals surface area contributed by atoms with E-state index in [1.807, 2.05) is 0 Å². The Bertz CT molecular complexity index is 723. The van der Waals surface area contributed by atoms with E-state index in [1.54, 1.807) is 12.2 Å². The van der Waals surface area contributed by atoms with Gasteiger partial charge in [0, 0.05) is 13.2 Å². The molecule has 9 heteroatoms. The van der Waals surface area contributed by atoms with E-state index >= 15 is 0 Å². The molecule has 114 valence electrons. The molecule has 1 heterocycles. The topological polar surface area (TPSA) is 126 Å². The number of carboxylic acid groups (broad SMARTS) is 2. The largest absolute Gasteiger partial charge is 0.480 e. The van der Waals surface area contributed by atoms with Crippen LogP contribution >= 0.6 is 0 Å². The van der Waals surface area contributed by atoms with Gasteiger partial charge >= 0.3 is 11.9 Å². The lowest BCUT2D eigenvalue weighted by Crippen LogP contribution is -2.52. The highest BCUT2D eigenvalue weighted by atomic mass is 32.2. The Balaban J connectivity index is 2.37. The lowest BCUT2D eigenvalue weighted by molar-refractivity contribution is -0.143. The van der Waals surface area contributed by atoms with E-state index < -0.39 is 27.5 Å². The van der Waals surface area contributed by atoms with Crippen LogP contribution in [0.1, 0.15) is 23.3 Å². The summed E-state index contributed by atoms with van der Waals surface area (Å²) in [4.78, 5) is 22.0. The summed E-state index contributed by atoms with van der Waals surface area (Å²) in [5, 5.41) is 18.2. The van der Waals surface area contributed by atoms with Crippen molar-refractivity contribution >= 4 is 22.0 Å². The average molecular weight is 314 g/mol. The summed E-state index contributed by atoms with van der Waals surface area (Å²) in [7, 11) is -2.74. The maximum absolute atomic E-state index is 12.3. The number of aromatic nitrogens is 1. The van der Waals surface area contributed by atoms with Crippen LogP contribution in [0.15, 0.2) is 29.3 Å². The Morgan fingerprint density at radius 3 is 2.29 bits per heavy atom. The Morgan fingerprint density at radius 1 is 1.29 bits per heavy atom. The molecule has 3 N–H and O–H groups in total. The van der Waals surface area contributed by atoms with Crippen molar-refractivity contribution in [3.05, 3.63) is 30.1 Å². The van der Waals surface area contributed by atoms with Crippen LogP contribution in [0, 0.1) is 0 Å². The number of aliphatic carboxylic acids is 1. The maximum Gasteiger partial charge on any atom is 0.352 e. The number of rotatable bonds is 5. The SMILES string of the molecule is Cn1cc(S(=O)(=O)NC2(C(=O)O)CC=CC2)cc1C(=O)O. The second-order valence-electron chi connectivity index (χ2n) is 4.85. The Labute approximate surface area is 120 Å². The van der Waals surface area contributed by atoms with Crippen LogP contribution < -0.4 is 4.72 Å². The van der Waals surface area contributed by atoms with Crippen LogP contribution in [0.3, 0.4) is 0 Å². The standard InChI is InChI=1S/C12H14N2O6S/c1-14-7-8(6-9(14)10(15)16)21(19,20)13-12(11(17)18)4-2-3-5-12/h2-3,6-7,13H,4-5H2,1H3,(H,15,16)(H,17,18). The fourth-order valence-electron chi connectivity index (χ4n) is 2.16.